The number of nitriles is 1. The first-order valence-corrected chi connectivity index (χ1v) is 8.34. The Balaban J connectivity index is 2.85. The van der Waals surface area contributed by atoms with E-state index < -0.39 is 32.7 Å². The molecule has 6 heteroatoms. The average molecular weight is 287 g/mol. The highest BCUT2D eigenvalue weighted by molar-refractivity contribution is 7.92. The smallest absolute Gasteiger partial charge is 0.320 e. The van der Waals surface area contributed by atoms with Crippen molar-refractivity contribution in [3.8, 4) is 6.07 Å². The van der Waals surface area contributed by atoms with E-state index >= 15 is 0 Å². The summed E-state index contributed by atoms with van der Waals surface area (Å²) < 4.78 is 28.9. The Hall–Kier alpha value is -1.09. The average Bonchev–Trinajstić information content (AvgIpc) is 2.38. The number of hydrogen-bond donors (Lipinski definition) is 0. The van der Waals surface area contributed by atoms with Crippen LogP contribution in [0, 0.1) is 23.2 Å². The van der Waals surface area contributed by atoms with Crippen molar-refractivity contribution in [3.05, 3.63) is 0 Å². The normalized spacial score (nSPS) is 27.5. The minimum atomic E-state index is -3.60. The zero-order chi connectivity index (χ0) is 14.5. The SMILES string of the molecule is CCCC1CCC(C#N)C(S(=O)(=O)CC(=O)OC)C1. The van der Waals surface area contributed by atoms with E-state index in [0.29, 0.717) is 18.8 Å². The topological polar surface area (TPSA) is 84.2 Å². The van der Waals surface area contributed by atoms with Crippen LogP contribution in [0.25, 0.3) is 0 Å². The zero-order valence-corrected chi connectivity index (χ0v) is 12.3. The Morgan fingerprint density at radius 3 is 2.63 bits per heavy atom. The van der Waals surface area contributed by atoms with E-state index in [1.165, 1.54) is 7.11 Å². The minimum absolute atomic E-state index is 0.340. The van der Waals surface area contributed by atoms with Crippen molar-refractivity contribution in [3.63, 3.8) is 0 Å². The molecule has 0 N–H and O–H groups in total. The maximum Gasteiger partial charge on any atom is 0.320 e. The molecule has 0 aromatic carbocycles. The Morgan fingerprint density at radius 2 is 2.11 bits per heavy atom. The van der Waals surface area contributed by atoms with Gasteiger partial charge in [-0.2, -0.15) is 5.26 Å². The molecule has 3 atom stereocenters. The zero-order valence-electron chi connectivity index (χ0n) is 11.5. The third-order valence-corrected chi connectivity index (χ3v) is 5.85. The molecule has 0 radical (unpaired) electrons. The van der Waals surface area contributed by atoms with Gasteiger partial charge in [0.2, 0.25) is 0 Å². The first kappa shape index (κ1) is 16.0. The number of sulfone groups is 1. The van der Waals surface area contributed by atoms with Crippen molar-refractivity contribution < 1.29 is 17.9 Å². The van der Waals surface area contributed by atoms with Crippen LogP contribution < -0.4 is 0 Å². The summed E-state index contributed by atoms with van der Waals surface area (Å²) in [6.45, 7) is 2.06. The number of esters is 1. The maximum absolute atomic E-state index is 12.2. The molecule has 19 heavy (non-hydrogen) atoms. The van der Waals surface area contributed by atoms with Crippen LogP contribution in [-0.2, 0) is 19.4 Å². The first-order valence-electron chi connectivity index (χ1n) is 6.62. The Kier molecular flexibility index (Phi) is 5.80. The summed E-state index contributed by atoms with van der Waals surface area (Å²) in [5, 5.41) is 8.38. The standard InChI is InChI=1S/C13H21NO4S/c1-3-4-10-5-6-11(8-14)12(7-10)19(16,17)9-13(15)18-2/h10-12H,3-7,9H2,1-2H3. The molecule has 108 valence electrons. The second-order valence-corrected chi connectivity index (χ2v) is 7.35. The molecule has 0 aromatic heterocycles. The fourth-order valence-corrected chi connectivity index (χ4v) is 4.68. The van der Waals surface area contributed by atoms with E-state index in [1.807, 2.05) is 0 Å². The van der Waals surface area contributed by atoms with Crippen LogP contribution in [-0.4, -0.2) is 32.5 Å². The minimum Gasteiger partial charge on any atom is -0.468 e. The molecule has 5 nitrogen and oxygen atoms in total. The van der Waals surface area contributed by atoms with Crippen LogP contribution in [0.1, 0.15) is 39.0 Å². The molecule has 3 unspecified atom stereocenters. The molecule has 0 amide bonds. The van der Waals surface area contributed by atoms with Crippen LogP contribution >= 0.6 is 0 Å². The number of carbonyl (C=O) groups excluding carboxylic acids is 1. The summed E-state index contributed by atoms with van der Waals surface area (Å²) in [6.07, 6.45) is 3.97. The number of nitrogens with zero attached hydrogens (tertiary/aromatic N) is 1. The summed E-state index contributed by atoms with van der Waals surface area (Å²) in [6, 6.07) is 2.08. The van der Waals surface area contributed by atoms with Gasteiger partial charge in [0.05, 0.1) is 24.3 Å². The molecule has 0 spiro atoms. The second-order valence-electron chi connectivity index (χ2n) is 5.13. The lowest BCUT2D eigenvalue weighted by Crippen LogP contribution is -2.38. The van der Waals surface area contributed by atoms with Gasteiger partial charge >= 0.3 is 5.97 Å². The van der Waals surface area contributed by atoms with Crippen molar-refractivity contribution in [1.82, 2.24) is 0 Å². The van der Waals surface area contributed by atoms with E-state index in [-0.39, 0.29) is 0 Å². The van der Waals surface area contributed by atoms with Crippen LogP contribution in [0.3, 0.4) is 0 Å². The van der Waals surface area contributed by atoms with Crippen molar-refractivity contribution in [2.75, 3.05) is 12.9 Å². The third kappa shape index (κ3) is 4.20. The number of rotatable bonds is 5. The Bertz CT molecular complexity index is 452. The molecule has 0 aliphatic heterocycles. The van der Waals surface area contributed by atoms with Crippen molar-refractivity contribution in [2.45, 2.75) is 44.3 Å². The summed E-state index contributed by atoms with van der Waals surface area (Å²) in [5.41, 5.74) is 0. The summed E-state index contributed by atoms with van der Waals surface area (Å²) >= 11 is 0. The highest BCUT2D eigenvalue weighted by atomic mass is 32.2. The molecule has 0 heterocycles. The van der Waals surface area contributed by atoms with Gasteiger partial charge in [0, 0.05) is 0 Å². The van der Waals surface area contributed by atoms with E-state index in [2.05, 4.69) is 17.7 Å². The predicted molar refractivity (Wildman–Crippen MR) is 70.9 cm³/mol. The van der Waals surface area contributed by atoms with Gasteiger partial charge in [0.1, 0.15) is 5.75 Å². The quantitative estimate of drug-likeness (QED) is 0.718. The van der Waals surface area contributed by atoms with Gasteiger partial charge in [-0.3, -0.25) is 4.79 Å². The van der Waals surface area contributed by atoms with Crippen molar-refractivity contribution in [2.24, 2.45) is 11.8 Å². The van der Waals surface area contributed by atoms with Gasteiger partial charge < -0.3 is 4.74 Å². The van der Waals surface area contributed by atoms with E-state index in [4.69, 9.17) is 5.26 Å². The lowest BCUT2D eigenvalue weighted by Gasteiger charge is -2.32. The molecule has 0 aromatic rings. The summed E-state index contributed by atoms with van der Waals surface area (Å²) in [4.78, 5) is 11.2. The molecule has 1 fully saturated rings. The van der Waals surface area contributed by atoms with Crippen molar-refractivity contribution in [1.29, 1.82) is 5.26 Å². The monoisotopic (exact) mass is 287 g/mol. The number of carbonyl (C=O) groups is 1. The molecule has 1 aliphatic carbocycles. The fourth-order valence-electron chi connectivity index (χ4n) is 2.76. The molecule has 1 aliphatic rings. The van der Waals surface area contributed by atoms with E-state index in [0.717, 1.165) is 19.3 Å². The first-order chi connectivity index (χ1) is 8.94. The van der Waals surface area contributed by atoms with E-state index in [1.54, 1.807) is 0 Å². The van der Waals surface area contributed by atoms with Crippen molar-refractivity contribution >= 4 is 15.8 Å². The van der Waals surface area contributed by atoms with Crippen LogP contribution in [0.5, 0.6) is 0 Å². The van der Waals surface area contributed by atoms with Gasteiger partial charge in [-0.1, -0.05) is 19.8 Å². The van der Waals surface area contributed by atoms with Crippen LogP contribution in [0.2, 0.25) is 0 Å². The highest BCUT2D eigenvalue weighted by Gasteiger charge is 2.39. The molecule has 0 bridgehead atoms. The molecular formula is C13H21NO4S. The lowest BCUT2D eigenvalue weighted by atomic mass is 9.80. The van der Waals surface area contributed by atoms with E-state index in [9.17, 15) is 13.2 Å². The number of ether oxygens (including phenoxy) is 1. The van der Waals surface area contributed by atoms with Gasteiger partial charge in [-0.15, -0.1) is 0 Å². The summed E-state index contributed by atoms with van der Waals surface area (Å²) in [7, 11) is -2.44. The molecule has 1 saturated carbocycles. The highest BCUT2D eigenvalue weighted by Crippen LogP contribution is 2.35. The Morgan fingerprint density at radius 1 is 1.42 bits per heavy atom. The lowest BCUT2D eigenvalue weighted by molar-refractivity contribution is -0.137. The van der Waals surface area contributed by atoms with Crippen LogP contribution in [0.15, 0.2) is 0 Å². The number of methoxy groups -OCH3 is 1. The predicted octanol–water partition coefficient (Wildman–Crippen LogP) is 1.68. The fraction of sp³-hybridized carbons (Fsp3) is 0.846. The van der Waals surface area contributed by atoms with Gasteiger partial charge in [0.25, 0.3) is 0 Å². The van der Waals surface area contributed by atoms with Gasteiger partial charge in [-0.05, 0) is 25.2 Å². The van der Waals surface area contributed by atoms with Gasteiger partial charge in [-0.25, -0.2) is 8.42 Å². The largest absolute Gasteiger partial charge is 0.468 e. The van der Waals surface area contributed by atoms with Gasteiger partial charge in [0.15, 0.2) is 9.84 Å². The molecule has 0 saturated heterocycles. The third-order valence-electron chi connectivity index (χ3n) is 3.77. The van der Waals surface area contributed by atoms with Crippen LogP contribution in [0.4, 0.5) is 0 Å². The molecular weight excluding hydrogens is 266 g/mol. The second kappa shape index (κ2) is 6.90. The maximum atomic E-state index is 12.2. The number of hydrogen-bond acceptors (Lipinski definition) is 5. The summed E-state index contributed by atoms with van der Waals surface area (Å²) in [5.74, 6) is -1.53. The molecule has 1 rings (SSSR count). The Labute approximate surface area is 114 Å².